The van der Waals surface area contributed by atoms with E-state index in [1.807, 2.05) is 0 Å². The lowest BCUT2D eigenvalue weighted by atomic mass is 9.95. The molecule has 23 heavy (non-hydrogen) atoms. The van der Waals surface area contributed by atoms with Crippen LogP contribution in [0.25, 0.3) is 0 Å². The molecule has 2 atom stereocenters. The lowest BCUT2D eigenvalue weighted by Crippen LogP contribution is -2.34. The first-order valence-corrected chi connectivity index (χ1v) is 9.97. The highest BCUT2D eigenvalue weighted by atomic mass is 32.2. The molecule has 0 bridgehead atoms. The van der Waals surface area contributed by atoms with Crippen molar-refractivity contribution < 1.29 is 13.2 Å². The van der Waals surface area contributed by atoms with Crippen LogP contribution in [-0.2, 0) is 9.84 Å². The lowest BCUT2D eigenvalue weighted by molar-refractivity contribution is 0.0945. The minimum atomic E-state index is -3.00. The smallest absolute Gasteiger partial charge is 0.272 e. The SMILES string of the molecule is CS(=O)(=O)C1CCCC(Nc2ccc(C(=O)NC3CC3)nn2)C1. The summed E-state index contributed by atoms with van der Waals surface area (Å²) >= 11 is 0. The first-order valence-electron chi connectivity index (χ1n) is 8.02. The zero-order chi connectivity index (χ0) is 16.4. The van der Waals surface area contributed by atoms with Gasteiger partial charge in [-0.05, 0) is 44.2 Å². The molecule has 1 amide bonds. The van der Waals surface area contributed by atoms with Gasteiger partial charge in [-0.1, -0.05) is 6.42 Å². The van der Waals surface area contributed by atoms with Crippen molar-refractivity contribution in [3.05, 3.63) is 17.8 Å². The molecule has 1 aromatic heterocycles. The van der Waals surface area contributed by atoms with Gasteiger partial charge < -0.3 is 10.6 Å². The summed E-state index contributed by atoms with van der Waals surface area (Å²) in [6, 6.07) is 3.73. The molecule has 1 heterocycles. The number of nitrogens with one attached hydrogen (secondary N) is 2. The monoisotopic (exact) mass is 338 g/mol. The number of carbonyl (C=O) groups excluding carboxylic acids is 1. The molecule has 2 aliphatic rings. The summed E-state index contributed by atoms with van der Waals surface area (Å²) in [6.07, 6.45) is 6.47. The highest BCUT2D eigenvalue weighted by Gasteiger charge is 2.29. The fourth-order valence-electron chi connectivity index (χ4n) is 2.89. The molecule has 7 nitrogen and oxygen atoms in total. The van der Waals surface area contributed by atoms with E-state index in [9.17, 15) is 13.2 Å². The molecule has 2 N–H and O–H groups in total. The molecule has 0 aromatic carbocycles. The van der Waals surface area contributed by atoms with Gasteiger partial charge in [-0.25, -0.2) is 8.42 Å². The van der Waals surface area contributed by atoms with Crippen LogP contribution in [0.4, 0.5) is 5.82 Å². The van der Waals surface area contributed by atoms with Crippen molar-refractivity contribution in [3.8, 4) is 0 Å². The van der Waals surface area contributed by atoms with Crippen LogP contribution in [0.5, 0.6) is 0 Å². The molecule has 1 aromatic rings. The lowest BCUT2D eigenvalue weighted by Gasteiger charge is -2.28. The number of amides is 1. The third-order valence-electron chi connectivity index (χ3n) is 4.39. The Balaban J connectivity index is 1.58. The van der Waals surface area contributed by atoms with Crippen LogP contribution in [0.3, 0.4) is 0 Å². The Kier molecular flexibility index (Phi) is 4.52. The van der Waals surface area contributed by atoms with E-state index in [4.69, 9.17) is 0 Å². The van der Waals surface area contributed by atoms with Crippen LogP contribution in [0.15, 0.2) is 12.1 Å². The largest absolute Gasteiger partial charge is 0.366 e. The minimum absolute atomic E-state index is 0.0731. The summed E-state index contributed by atoms with van der Waals surface area (Å²) in [5.41, 5.74) is 0.306. The quantitative estimate of drug-likeness (QED) is 0.835. The van der Waals surface area contributed by atoms with Gasteiger partial charge in [-0.2, -0.15) is 0 Å². The second-order valence-corrected chi connectivity index (χ2v) is 8.84. The fourth-order valence-corrected chi connectivity index (χ4v) is 4.07. The van der Waals surface area contributed by atoms with E-state index in [0.29, 0.717) is 17.9 Å². The molecular weight excluding hydrogens is 316 g/mol. The molecule has 8 heteroatoms. The predicted octanol–water partition coefficient (Wildman–Crippen LogP) is 1.14. The second-order valence-electron chi connectivity index (χ2n) is 6.51. The maximum absolute atomic E-state index is 11.8. The van der Waals surface area contributed by atoms with Crippen LogP contribution in [0.2, 0.25) is 0 Å². The van der Waals surface area contributed by atoms with Gasteiger partial charge in [-0.3, -0.25) is 4.79 Å². The van der Waals surface area contributed by atoms with Crippen molar-refractivity contribution in [2.45, 2.75) is 55.9 Å². The number of hydrogen-bond donors (Lipinski definition) is 2. The molecule has 0 spiro atoms. The zero-order valence-corrected chi connectivity index (χ0v) is 14.0. The predicted molar refractivity (Wildman–Crippen MR) is 87.0 cm³/mol. The van der Waals surface area contributed by atoms with Crippen molar-refractivity contribution in [1.82, 2.24) is 15.5 Å². The van der Waals surface area contributed by atoms with E-state index in [1.54, 1.807) is 12.1 Å². The summed E-state index contributed by atoms with van der Waals surface area (Å²) in [7, 11) is -3.00. The van der Waals surface area contributed by atoms with E-state index < -0.39 is 9.84 Å². The average molecular weight is 338 g/mol. The maximum Gasteiger partial charge on any atom is 0.272 e. The van der Waals surface area contributed by atoms with Gasteiger partial charge in [0.1, 0.15) is 15.7 Å². The molecule has 0 saturated heterocycles. The summed E-state index contributed by atoms with van der Waals surface area (Å²) in [5.74, 6) is 0.383. The van der Waals surface area contributed by atoms with Crippen LogP contribution in [0, 0.1) is 0 Å². The third-order valence-corrected chi connectivity index (χ3v) is 6.03. The van der Waals surface area contributed by atoms with Gasteiger partial charge in [0, 0.05) is 18.3 Å². The van der Waals surface area contributed by atoms with E-state index in [0.717, 1.165) is 32.1 Å². The number of anilines is 1. The minimum Gasteiger partial charge on any atom is -0.366 e. The van der Waals surface area contributed by atoms with E-state index >= 15 is 0 Å². The number of hydrogen-bond acceptors (Lipinski definition) is 6. The zero-order valence-electron chi connectivity index (χ0n) is 13.2. The van der Waals surface area contributed by atoms with Crippen molar-refractivity contribution >= 4 is 21.6 Å². The van der Waals surface area contributed by atoms with Gasteiger partial charge in [-0.15, -0.1) is 10.2 Å². The van der Waals surface area contributed by atoms with Crippen molar-refractivity contribution in [2.75, 3.05) is 11.6 Å². The molecule has 2 aliphatic carbocycles. The third kappa shape index (κ3) is 4.40. The van der Waals surface area contributed by atoms with E-state index in [-0.39, 0.29) is 23.2 Å². The number of rotatable bonds is 5. The van der Waals surface area contributed by atoms with Gasteiger partial charge in [0.05, 0.1) is 5.25 Å². The molecule has 2 fully saturated rings. The van der Waals surface area contributed by atoms with E-state index in [1.165, 1.54) is 6.26 Å². The Morgan fingerprint density at radius 2 is 1.91 bits per heavy atom. The van der Waals surface area contributed by atoms with Gasteiger partial charge >= 0.3 is 0 Å². The Morgan fingerprint density at radius 1 is 1.13 bits per heavy atom. The summed E-state index contributed by atoms with van der Waals surface area (Å²) in [4.78, 5) is 11.8. The number of carbonyl (C=O) groups is 1. The van der Waals surface area contributed by atoms with Crippen molar-refractivity contribution in [3.63, 3.8) is 0 Å². The van der Waals surface area contributed by atoms with Gasteiger partial charge in [0.2, 0.25) is 0 Å². The Morgan fingerprint density at radius 3 is 2.52 bits per heavy atom. The molecule has 2 unspecified atom stereocenters. The molecule has 2 saturated carbocycles. The van der Waals surface area contributed by atoms with Gasteiger partial charge in [0.25, 0.3) is 5.91 Å². The molecule has 0 aliphatic heterocycles. The normalized spacial score (nSPS) is 24.9. The number of sulfone groups is 1. The molecule has 0 radical (unpaired) electrons. The summed E-state index contributed by atoms with van der Waals surface area (Å²) < 4.78 is 23.4. The number of aromatic nitrogens is 2. The standard InChI is InChI=1S/C15H22N4O3S/c1-23(21,22)12-4-2-3-11(9-12)16-14-8-7-13(18-19-14)15(20)17-10-5-6-10/h7-8,10-12H,2-6,9H2,1H3,(H,16,19)(H,17,20). The van der Waals surface area contributed by atoms with Crippen molar-refractivity contribution in [1.29, 1.82) is 0 Å². The second kappa shape index (κ2) is 6.43. The van der Waals surface area contributed by atoms with E-state index in [2.05, 4.69) is 20.8 Å². The molecule has 126 valence electrons. The molecule has 3 rings (SSSR count). The van der Waals surface area contributed by atoms with Gasteiger partial charge in [0.15, 0.2) is 5.69 Å². The topological polar surface area (TPSA) is 101 Å². The Bertz CT molecular complexity index is 670. The maximum atomic E-state index is 11.8. The number of nitrogens with zero attached hydrogens (tertiary/aromatic N) is 2. The van der Waals surface area contributed by atoms with Crippen molar-refractivity contribution in [2.24, 2.45) is 0 Å². The highest BCUT2D eigenvalue weighted by Crippen LogP contribution is 2.26. The summed E-state index contributed by atoms with van der Waals surface area (Å²) in [5, 5.41) is 13.8. The first kappa shape index (κ1) is 16.2. The Labute approximate surface area is 136 Å². The summed E-state index contributed by atoms with van der Waals surface area (Å²) in [6.45, 7) is 0. The average Bonchev–Trinajstić information content (AvgIpc) is 3.31. The Hall–Kier alpha value is -1.70. The molecular formula is C15H22N4O3S. The van der Waals surface area contributed by atoms with Crippen LogP contribution < -0.4 is 10.6 Å². The fraction of sp³-hybridized carbons (Fsp3) is 0.667. The van der Waals surface area contributed by atoms with Crippen LogP contribution in [-0.4, -0.2) is 48.1 Å². The van der Waals surface area contributed by atoms with Crippen LogP contribution >= 0.6 is 0 Å². The highest BCUT2D eigenvalue weighted by molar-refractivity contribution is 7.91. The first-order chi connectivity index (χ1) is 10.9. The van der Waals surface area contributed by atoms with Crippen LogP contribution in [0.1, 0.15) is 49.0 Å².